The molecule has 0 nitrogen and oxygen atoms in total. The molecule has 180 valence electrons. The maximum Gasteiger partial charge on any atom is 0.138 e. The number of aryl methyl sites for hydroxylation is 4. The quantitative estimate of drug-likeness (QED) is 0.145. The Balaban J connectivity index is 1.40. The third-order valence-corrected chi connectivity index (χ3v) is 6.96. The molecule has 0 amide bonds. The van der Waals surface area contributed by atoms with E-state index >= 15 is 4.39 Å². The Morgan fingerprint density at radius 1 is 0.657 bits per heavy atom. The van der Waals surface area contributed by atoms with Crippen molar-refractivity contribution in [1.29, 1.82) is 0 Å². The van der Waals surface area contributed by atoms with Crippen LogP contribution in [-0.2, 0) is 25.7 Å². The van der Waals surface area contributed by atoms with E-state index in [0.717, 1.165) is 36.6 Å². The zero-order valence-corrected chi connectivity index (χ0v) is 21.0. The zero-order chi connectivity index (χ0) is 24.5. The van der Waals surface area contributed by atoms with Crippen LogP contribution in [0.15, 0.2) is 91.5 Å². The topological polar surface area (TPSA) is 0 Å². The highest BCUT2D eigenvalue weighted by atomic mass is 19.1. The zero-order valence-electron chi connectivity index (χ0n) is 21.0. The minimum absolute atomic E-state index is 0.137. The smallest absolute Gasteiger partial charge is 0.138 e. The van der Waals surface area contributed by atoms with E-state index < -0.39 is 0 Å². The van der Waals surface area contributed by atoms with Crippen molar-refractivity contribution < 1.29 is 4.39 Å². The lowest BCUT2D eigenvalue weighted by Crippen LogP contribution is -1.94. The minimum atomic E-state index is -0.137. The van der Waals surface area contributed by atoms with Crippen molar-refractivity contribution in [3.05, 3.63) is 120 Å². The summed E-state index contributed by atoms with van der Waals surface area (Å²) in [5.74, 6) is -0.137. The van der Waals surface area contributed by atoms with Crippen LogP contribution in [0, 0.1) is 5.82 Å². The number of halogens is 1. The highest BCUT2D eigenvalue weighted by Crippen LogP contribution is 2.30. The molecule has 0 saturated heterocycles. The molecule has 0 N–H and O–H groups in total. The monoisotopic (exact) mass is 464 g/mol. The summed E-state index contributed by atoms with van der Waals surface area (Å²) < 4.78 is 15.4. The van der Waals surface area contributed by atoms with Crippen molar-refractivity contribution in [2.75, 3.05) is 0 Å². The Morgan fingerprint density at radius 3 is 2.00 bits per heavy atom. The second-order valence-corrected chi connectivity index (χ2v) is 9.63. The van der Waals surface area contributed by atoms with Gasteiger partial charge in [-0.25, -0.2) is 4.39 Å². The second kappa shape index (κ2) is 12.5. The van der Waals surface area contributed by atoms with Crippen LogP contribution >= 0.6 is 0 Å². The number of hydrogen-bond donors (Lipinski definition) is 0. The van der Waals surface area contributed by atoms with E-state index in [4.69, 9.17) is 0 Å². The van der Waals surface area contributed by atoms with E-state index in [1.165, 1.54) is 54.4 Å². The molecule has 0 bridgehead atoms. The van der Waals surface area contributed by atoms with E-state index in [2.05, 4.69) is 68.1 Å². The van der Waals surface area contributed by atoms with Gasteiger partial charge in [0.2, 0.25) is 0 Å². The Bertz CT molecular complexity index is 1230. The maximum absolute atomic E-state index is 15.4. The molecule has 0 unspecified atom stereocenters. The Hall–Kier alpha value is -3.19. The Morgan fingerprint density at radius 2 is 1.29 bits per heavy atom. The predicted molar refractivity (Wildman–Crippen MR) is 150 cm³/mol. The molecule has 0 aliphatic rings. The number of fused-ring (bicyclic) bond motifs is 1. The number of unbranched alkanes of at least 4 members (excludes halogenated alkanes) is 3. The van der Waals surface area contributed by atoms with Gasteiger partial charge in [-0.2, -0.15) is 0 Å². The summed E-state index contributed by atoms with van der Waals surface area (Å²) in [7, 11) is 0. The van der Waals surface area contributed by atoms with Crippen LogP contribution in [0.3, 0.4) is 0 Å². The molecule has 0 fully saturated rings. The van der Waals surface area contributed by atoms with Gasteiger partial charge in [0, 0.05) is 10.9 Å². The molecule has 0 aliphatic heterocycles. The van der Waals surface area contributed by atoms with E-state index in [0.29, 0.717) is 10.9 Å². The van der Waals surface area contributed by atoms with Gasteiger partial charge >= 0.3 is 0 Å². The van der Waals surface area contributed by atoms with Crippen LogP contribution in [0.25, 0.3) is 21.9 Å². The van der Waals surface area contributed by atoms with Crippen LogP contribution in [0.1, 0.15) is 61.3 Å². The standard InChI is InChI=1S/C34H37F/c1-3-5-7-8-10-27-11-13-28(14-12-27)15-16-29-19-23-33-31(25-29)22-24-32(34(33)35)30-20-17-26(18-21-30)9-6-4-2/h4,11-14,17-25H,2-3,5-10,15-16H2,1H3. The first-order valence-electron chi connectivity index (χ1n) is 13.2. The van der Waals surface area contributed by atoms with E-state index in [9.17, 15) is 0 Å². The van der Waals surface area contributed by atoms with E-state index in [1.54, 1.807) is 0 Å². The van der Waals surface area contributed by atoms with Crippen molar-refractivity contribution in [3.63, 3.8) is 0 Å². The molecule has 0 heterocycles. The van der Waals surface area contributed by atoms with Crippen molar-refractivity contribution in [3.8, 4) is 11.1 Å². The van der Waals surface area contributed by atoms with Gasteiger partial charge in [0.15, 0.2) is 0 Å². The molecule has 0 radical (unpaired) electrons. The van der Waals surface area contributed by atoms with Crippen LogP contribution in [0.5, 0.6) is 0 Å². The largest absolute Gasteiger partial charge is 0.206 e. The lowest BCUT2D eigenvalue weighted by molar-refractivity contribution is 0.643. The fraction of sp³-hybridized carbons (Fsp3) is 0.294. The highest BCUT2D eigenvalue weighted by Gasteiger charge is 2.10. The normalized spacial score (nSPS) is 11.1. The maximum atomic E-state index is 15.4. The molecule has 0 aromatic heterocycles. The molecular weight excluding hydrogens is 427 g/mol. The van der Waals surface area contributed by atoms with Gasteiger partial charge in [-0.15, -0.1) is 6.58 Å². The van der Waals surface area contributed by atoms with Crippen LogP contribution in [0.2, 0.25) is 0 Å². The summed E-state index contributed by atoms with van der Waals surface area (Å²) in [5, 5.41) is 1.66. The first kappa shape index (κ1) is 24.9. The molecular formula is C34H37F. The molecule has 4 aromatic rings. The van der Waals surface area contributed by atoms with Gasteiger partial charge in [0.05, 0.1) is 0 Å². The van der Waals surface area contributed by atoms with Crippen molar-refractivity contribution in [2.24, 2.45) is 0 Å². The van der Waals surface area contributed by atoms with E-state index in [1.807, 2.05) is 30.3 Å². The van der Waals surface area contributed by atoms with Crippen molar-refractivity contribution >= 4 is 10.8 Å². The average Bonchev–Trinajstić information content (AvgIpc) is 2.90. The van der Waals surface area contributed by atoms with Crippen molar-refractivity contribution in [1.82, 2.24) is 0 Å². The second-order valence-electron chi connectivity index (χ2n) is 9.63. The number of benzene rings is 4. The molecule has 0 spiro atoms. The van der Waals surface area contributed by atoms with Gasteiger partial charge in [-0.05, 0) is 71.7 Å². The van der Waals surface area contributed by atoms with Gasteiger partial charge < -0.3 is 0 Å². The number of allylic oxidation sites excluding steroid dienone is 1. The number of rotatable bonds is 12. The fourth-order valence-corrected chi connectivity index (χ4v) is 4.76. The first-order valence-corrected chi connectivity index (χ1v) is 13.2. The third kappa shape index (κ3) is 6.69. The SMILES string of the molecule is C=CCCc1ccc(-c2ccc3cc(CCc4ccc(CCCCCC)cc4)ccc3c2F)cc1. The van der Waals surface area contributed by atoms with Gasteiger partial charge in [0.1, 0.15) is 5.82 Å². The predicted octanol–water partition coefficient (Wildman–Crippen LogP) is 9.67. The Kier molecular flexibility index (Phi) is 8.90. The van der Waals surface area contributed by atoms with E-state index in [-0.39, 0.29) is 5.82 Å². The summed E-state index contributed by atoms with van der Waals surface area (Å²) in [6.07, 6.45) is 12.2. The van der Waals surface area contributed by atoms with Crippen LogP contribution < -0.4 is 0 Å². The molecule has 4 aromatic carbocycles. The lowest BCUT2D eigenvalue weighted by Gasteiger charge is -2.10. The van der Waals surface area contributed by atoms with Crippen LogP contribution in [0.4, 0.5) is 4.39 Å². The van der Waals surface area contributed by atoms with Crippen LogP contribution in [-0.4, -0.2) is 0 Å². The average molecular weight is 465 g/mol. The first-order chi connectivity index (χ1) is 17.2. The van der Waals surface area contributed by atoms with Crippen molar-refractivity contribution in [2.45, 2.75) is 64.7 Å². The molecule has 1 heteroatoms. The van der Waals surface area contributed by atoms with Gasteiger partial charge in [0.25, 0.3) is 0 Å². The van der Waals surface area contributed by atoms with Gasteiger partial charge in [-0.3, -0.25) is 0 Å². The summed E-state index contributed by atoms with van der Waals surface area (Å²) >= 11 is 0. The molecule has 0 saturated carbocycles. The minimum Gasteiger partial charge on any atom is -0.206 e. The number of hydrogen-bond acceptors (Lipinski definition) is 0. The Labute approximate surface area is 210 Å². The summed E-state index contributed by atoms with van der Waals surface area (Å²) in [5.41, 5.74) is 6.88. The summed E-state index contributed by atoms with van der Waals surface area (Å²) in [6, 6.07) is 27.5. The summed E-state index contributed by atoms with van der Waals surface area (Å²) in [6.45, 7) is 6.04. The lowest BCUT2D eigenvalue weighted by atomic mass is 9.96. The third-order valence-electron chi connectivity index (χ3n) is 6.96. The molecule has 35 heavy (non-hydrogen) atoms. The molecule has 0 aliphatic carbocycles. The molecule has 4 rings (SSSR count). The summed E-state index contributed by atoms with van der Waals surface area (Å²) in [4.78, 5) is 0. The highest BCUT2D eigenvalue weighted by molar-refractivity contribution is 5.88. The van der Waals surface area contributed by atoms with Gasteiger partial charge in [-0.1, -0.05) is 111 Å². The molecule has 0 atom stereocenters. The fourth-order valence-electron chi connectivity index (χ4n) is 4.76.